The number of quaternary nitrogens is 1. The van der Waals surface area contributed by atoms with E-state index < -0.39 is 23.1 Å². The Bertz CT molecular complexity index is 1220. The molecule has 2 heterocycles. The molecule has 1 unspecified atom stereocenters. The summed E-state index contributed by atoms with van der Waals surface area (Å²) >= 11 is 3.22. The van der Waals surface area contributed by atoms with Crippen molar-refractivity contribution < 1.29 is 32.3 Å². The van der Waals surface area contributed by atoms with Crippen molar-refractivity contribution in [1.82, 2.24) is 0 Å². The first kappa shape index (κ1) is 23.6. The van der Waals surface area contributed by atoms with Crippen molar-refractivity contribution >= 4 is 26.9 Å². The van der Waals surface area contributed by atoms with Gasteiger partial charge < -0.3 is 19.2 Å². The van der Waals surface area contributed by atoms with Crippen LogP contribution in [0.4, 0.5) is 13.2 Å². The third kappa shape index (κ3) is 4.75. The van der Waals surface area contributed by atoms with Gasteiger partial charge in [-0.15, -0.1) is 0 Å². The highest BCUT2D eigenvalue weighted by Crippen LogP contribution is 2.40. The molecule has 1 fully saturated rings. The lowest BCUT2D eigenvalue weighted by Crippen LogP contribution is -3.15. The van der Waals surface area contributed by atoms with Gasteiger partial charge in [0.2, 0.25) is 11.2 Å². The second-order valence-electron chi connectivity index (χ2n) is 8.25. The average molecular weight is 527 g/mol. The molecule has 1 saturated heterocycles. The summed E-state index contributed by atoms with van der Waals surface area (Å²) in [5.41, 5.74) is -0.987. The van der Waals surface area contributed by atoms with E-state index in [0.29, 0.717) is 10.5 Å². The second kappa shape index (κ2) is 9.38. The molecule has 0 bridgehead atoms. The molecule has 5 nitrogen and oxygen atoms in total. The minimum Gasteiger partial charge on any atom is -0.507 e. The minimum absolute atomic E-state index is 0.0530. The highest BCUT2D eigenvalue weighted by Gasteiger charge is 2.41. The highest BCUT2D eigenvalue weighted by molar-refractivity contribution is 9.10. The van der Waals surface area contributed by atoms with E-state index in [1.54, 1.807) is 18.2 Å². The van der Waals surface area contributed by atoms with Crippen LogP contribution in [0.15, 0.2) is 50.1 Å². The number of benzene rings is 2. The lowest BCUT2D eigenvalue weighted by Gasteiger charge is -2.32. The first-order valence-corrected chi connectivity index (χ1v) is 11.7. The number of halogens is 4. The molecule has 176 valence electrons. The van der Waals surface area contributed by atoms with Crippen LogP contribution in [0.2, 0.25) is 0 Å². The summed E-state index contributed by atoms with van der Waals surface area (Å²) in [5.74, 6) is -2.60. The maximum absolute atomic E-state index is 14.0. The molecule has 33 heavy (non-hydrogen) atoms. The van der Waals surface area contributed by atoms with E-state index in [4.69, 9.17) is 9.15 Å². The number of phenols is 1. The summed E-state index contributed by atoms with van der Waals surface area (Å²) in [7, 11) is 0. The van der Waals surface area contributed by atoms with Crippen molar-refractivity contribution in [2.24, 2.45) is 0 Å². The number of aromatic hydroxyl groups is 1. The fraction of sp³-hybridized carbons (Fsp3) is 0.375. The molecule has 0 saturated carbocycles. The highest BCUT2D eigenvalue weighted by atomic mass is 79.9. The molecule has 2 aromatic carbocycles. The van der Waals surface area contributed by atoms with E-state index in [1.165, 1.54) is 18.2 Å². The Morgan fingerprint density at radius 2 is 1.97 bits per heavy atom. The monoisotopic (exact) mass is 526 g/mol. The standard InChI is InChI=1S/C24H23BrF3NO4/c1-2-14-7-5-6-12-29(14)13-16-18(30)11-10-15-20(31)22(23(24(26,27)28)33-21(15)16)32-19-9-4-3-8-17(19)25/h3-4,8-11,14,30H,2,5-7,12-13H2,1H3/p+1/t14-/m1/s1. The fourth-order valence-corrected chi connectivity index (χ4v) is 4.84. The van der Waals surface area contributed by atoms with Crippen LogP contribution in [-0.2, 0) is 12.7 Å². The van der Waals surface area contributed by atoms with Crippen LogP contribution < -0.4 is 15.1 Å². The number of fused-ring (bicyclic) bond motifs is 1. The molecule has 1 aliphatic heterocycles. The predicted molar refractivity (Wildman–Crippen MR) is 121 cm³/mol. The number of rotatable bonds is 5. The Balaban J connectivity index is 1.88. The molecule has 2 N–H and O–H groups in total. The molecule has 2 atom stereocenters. The predicted octanol–water partition coefficient (Wildman–Crippen LogP) is 5.42. The van der Waals surface area contributed by atoms with Gasteiger partial charge in [-0.3, -0.25) is 4.79 Å². The maximum Gasteiger partial charge on any atom is 0.453 e. The largest absolute Gasteiger partial charge is 0.507 e. The Morgan fingerprint density at radius 1 is 1.21 bits per heavy atom. The van der Waals surface area contributed by atoms with Crippen LogP contribution in [-0.4, -0.2) is 17.7 Å². The zero-order valence-corrected chi connectivity index (χ0v) is 19.6. The van der Waals surface area contributed by atoms with Crippen molar-refractivity contribution in [1.29, 1.82) is 0 Å². The number of alkyl halides is 3. The van der Waals surface area contributed by atoms with E-state index in [9.17, 15) is 23.1 Å². The van der Waals surface area contributed by atoms with Gasteiger partial charge in [-0.2, -0.15) is 13.2 Å². The number of piperidine rings is 1. The molecule has 4 rings (SSSR count). The number of hydrogen-bond acceptors (Lipinski definition) is 4. The van der Waals surface area contributed by atoms with Crippen molar-refractivity contribution in [3.8, 4) is 17.2 Å². The number of ether oxygens (including phenoxy) is 1. The normalized spacial score (nSPS) is 19.1. The van der Waals surface area contributed by atoms with Gasteiger partial charge in [0, 0.05) is 0 Å². The topological polar surface area (TPSA) is 64.1 Å². The fourth-order valence-electron chi connectivity index (χ4n) is 4.48. The Kier molecular flexibility index (Phi) is 6.72. The molecule has 1 aromatic heterocycles. The first-order valence-electron chi connectivity index (χ1n) is 10.9. The Labute approximate surface area is 196 Å². The Hall–Kier alpha value is -2.52. The van der Waals surface area contributed by atoms with E-state index in [1.807, 2.05) is 0 Å². The van der Waals surface area contributed by atoms with Crippen LogP contribution in [0.5, 0.6) is 17.2 Å². The van der Waals surface area contributed by atoms with Gasteiger partial charge in [0.05, 0.1) is 28.0 Å². The van der Waals surface area contributed by atoms with Gasteiger partial charge in [-0.1, -0.05) is 19.1 Å². The van der Waals surface area contributed by atoms with Gasteiger partial charge in [0.1, 0.15) is 18.0 Å². The quantitative estimate of drug-likeness (QED) is 0.466. The minimum atomic E-state index is -4.98. The summed E-state index contributed by atoms with van der Waals surface area (Å²) in [5, 5.41) is 10.5. The lowest BCUT2D eigenvalue weighted by atomic mass is 9.98. The van der Waals surface area contributed by atoms with Crippen LogP contribution >= 0.6 is 15.9 Å². The molecule has 0 amide bonds. The van der Waals surface area contributed by atoms with Gasteiger partial charge >= 0.3 is 6.18 Å². The summed E-state index contributed by atoms with van der Waals surface area (Å²) in [6, 6.07) is 9.22. The lowest BCUT2D eigenvalue weighted by molar-refractivity contribution is -0.944. The number of nitrogens with one attached hydrogen (secondary N) is 1. The zero-order valence-electron chi connectivity index (χ0n) is 18.0. The van der Waals surface area contributed by atoms with Gasteiger partial charge in [-0.05, 0) is 65.9 Å². The molecule has 0 spiro atoms. The van der Waals surface area contributed by atoms with Crippen LogP contribution in [0, 0.1) is 0 Å². The van der Waals surface area contributed by atoms with E-state index in [0.717, 1.165) is 37.1 Å². The number of likely N-dealkylation sites (tertiary alicyclic amines) is 1. The SMILES string of the molecule is CC[C@@H]1CCCC[NH+]1Cc1c(O)ccc2c(=O)c(Oc3ccccc3Br)c(C(F)(F)F)oc12. The molecule has 3 aromatic rings. The molecule has 0 aliphatic carbocycles. The molecular formula is C24H24BrF3NO4+. The van der Waals surface area contributed by atoms with Gasteiger partial charge in [-0.25, -0.2) is 0 Å². The van der Waals surface area contributed by atoms with Crippen molar-refractivity contribution in [3.05, 3.63) is 62.4 Å². The van der Waals surface area contributed by atoms with Crippen LogP contribution in [0.1, 0.15) is 43.9 Å². The van der Waals surface area contributed by atoms with E-state index in [-0.39, 0.29) is 34.6 Å². The summed E-state index contributed by atoms with van der Waals surface area (Å²) in [6.45, 7) is 3.19. The van der Waals surface area contributed by atoms with Gasteiger partial charge in [0.25, 0.3) is 5.76 Å². The Morgan fingerprint density at radius 3 is 2.67 bits per heavy atom. The molecule has 0 radical (unpaired) electrons. The number of hydrogen-bond donors (Lipinski definition) is 2. The maximum atomic E-state index is 14.0. The second-order valence-corrected chi connectivity index (χ2v) is 9.10. The first-order chi connectivity index (χ1) is 15.7. The average Bonchev–Trinajstić information content (AvgIpc) is 2.78. The summed E-state index contributed by atoms with van der Waals surface area (Å²) < 4.78 is 53.1. The number of para-hydroxylation sites is 1. The smallest absolute Gasteiger partial charge is 0.453 e. The summed E-state index contributed by atoms with van der Waals surface area (Å²) in [6.07, 6.45) is -0.941. The van der Waals surface area contributed by atoms with Crippen LogP contribution in [0.3, 0.4) is 0 Å². The molecule has 1 aliphatic rings. The van der Waals surface area contributed by atoms with E-state index >= 15 is 0 Å². The van der Waals surface area contributed by atoms with Crippen molar-refractivity contribution in [2.45, 2.75) is 51.4 Å². The third-order valence-corrected chi connectivity index (χ3v) is 6.83. The number of phenolic OH excluding ortho intramolecular Hbond substituents is 1. The molecule has 9 heteroatoms. The summed E-state index contributed by atoms with van der Waals surface area (Å²) in [4.78, 5) is 14.4. The van der Waals surface area contributed by atoms with Crippen molar-refractivity contribution in [3.63, 3.8) is 0 Å². The third-order valence-electron chi connectivity index (χ3n) is 6.18. The molecular weight excluding hydrogens is 503 g/mol. The zero-order chi connectivity index (χ0) is 23.8. The van der Waals surface area contributed by atoms with Crippen LogP contribution in [0.25, 0.3) is 11.0 Å². The van der Waals surface area contributed by atoms with Crippen molar-refractivity contribution in [2.75, 3.05) is 6.54 Å². The van der Waals surface area contributed by atoms with E-state index in [2.05, 4.69) is 22.9 Å². The van der Waals surface area contributed by atoms with Gasteiger partial charge in [0.15, 0.2) is 5.58 Å².